The van der Waals surface area contributed by atoms with E-state index in [1.165, 1.54) is 18.4 Å². The molecule has 1 aromatic rings. The van der Waals surface area contributed by atoms with Gasteiger partial charge in [0.1, 0.15) is 11.0 Å². The largest absolute Gasteiger partial charge is 0.480 e. The molecule has 6 nitrogen and oxygen atoms in total. The number of nitrogens with one attached hydrogen (secondary N) is 1. The summed E-state index contributed by atoms with van der Waals surface area (Å²) in [4.78, 5) is 26.5. The SMILES string of the molecule is C/C=C/CC(NC(=O)CC(O)(c1nc(C)cs1)C(F)(F)F)C(=O)O. The predicted molar refractivity (Wildman–Crippen MR) is 80.4 cm³/mol. The lowest BCUT2D eigenvalue weighted by molar-refractivity contribution is -0.267. The molecule has 0 spiro atoms. The van der Waals surface area contributed by atoms with Gasteiger partial charge in [-0.05, 0) is 20.3 Å². The molecule has 0 fully saturated rings. The first-order valence-corrected chi connectivity index (χ1v) is 7.74. The van der Waals surface area contributed by atoms with Crippen LogP contribution in [0, 0.1) is 6.92 Å². The predicted octanol–water partition coefficient (Wildman–Crippen LogP) is 2.13. The van der Waals surface area contributed by atoms with Gasteiger partial charge in [-0.25, -0.2) is 9.78 Å². The van der Waals surface area contributed by atoms with E-state index in [1.54, 1.807) is 13.0 Å². The van der Waals surface area contributed by atoms with E-state index in [0.29, 0.717) is 11.3 Å². The Hall–Kier alpha value is -1.94. The number of aliphatic hydroxyl groups is 1. The Morgan fingerprint density at radius 1 is 1.46 bits per heavy atom. The number of alkyl halides is 3. The van der Waals surface area contributed by atoms with Crippen molar-refractivity contribution in [1.82, 2.24) is 10.3 Å². The zero-order valence-electron chi connectivity index (χ0n) is 12.9. The summed E-state index contributed by atoms with van der Waals surface area (Å²) in [5, 5.41) is 21.6. The summed E-state index contributed by atoms with van der Waals surface area (Å²) in [6, 6.07) is -1.38. The van der Waals surface area contributed by atoms with Crippen LogP contribution in [0.1, 0.15) is 30.5 Å². The fraction of sp³-hybridized carbons (Fsp3) is 0.500. The third-order valence-corrected chi connectivity index (χ3v) is 4.21. The standard InChI is InChI=1S/C14H17F3N2O4S/c1-3-4-5-9(11(21)22)19-10(20)6-13(23,14(15,16)17)12-18-8(2)7-24-12/h3-4,7,9,23H,5-6H2,1-2H3,(H,19,20)(H,21,22)/b4-3+. The first-order chi connectivity index (χ1) is 11.0. The van der Waals surface area contributed by atoms with Gasteiger partial charge in [-0.2, -0.15) is 13.2 Å². The molecule has 0 radical (unpaired) electrons. The van der Waals surface area contributed by atoms with Crippen LogP contribution in [0.3, 0.4) is 0 Å². The molecular weight excluding hydrogens is 349 g/mol. The summed E-state index contributed by atoms with van der Waals surface area (Å²) in [5.74, 6) is -2.62. The molecule has 0 saturated carbocycles. The Bertz CT molecular complexity index is 630. The zero-order chi connectivity index (χ0) is 18.5. The van der Waals surface area contributed by atoms with Gasteiger partial charge >= 0.3 is 12.1 Å². The first kappa shape index (κ1) is 20.1. The molecule has 10 heteroatoms. The van der Waals surface area contributed by atoms with Crippen molar-refractivity contribution in [2.24, 2.45) is 0 Å². The van der Waals surface area contributed by atoms with Crippen LogP contribution in [0.15, 0.2) is 17.5 Å². The van der Waals surface area contributed by atoms with E-state index in [0.717, 1.165) is 0 Å². The van der Waals surface area contributed by atoms with Crippen LogP contribution in [-0.4, -0.2) is 39.3 Å². The molecule has 24 heavy (non-hydrogen) atoms. The number of halogens is 3. The molecule has 0 aromatic carbocycles. The van der Waals surface area contributed by atoms with Crippen molar-refractivity contribution in [2.45, 2.75) is 44.5 Å². The Labute approximate surface area is 140 Å². The molecule has 3 N–H and O–H groups in total. The van der Waals surface area contributed by atoms with Gasteiger partial charge < -0.3 is 15.5 Å². The van der Waals surface area contributed by atoms with Crippen LogP contribution in [0.25, 0.3) is 0 Å². The lowest BCUT2D eigenvalue weighted by Crippen LogP contribution is -2.49. The number of carbonyl (C=O) groups is 2. The third kappa shape index (κ3) is 4.78. The molecule has 1 rings (SSSR count). The summed E-state index contributed by atoms with van der Waals surface area (Å²) in [6.45, 7) is 3.09. The summed E-state index contributed by atoms with van der Waals surface area (Å²) < 4.78 is 39.8. The van der Waals surface area contributed by atoms with Crippen LogP contribution in [0.4, 0.5) is 13.2 Å². The van der Waals surface area contributed by atoms with Crippen molar-refractivity contribution in [3.8, 4) is 0 Å². The summed E-state index contributed by atoms with van der Waals surface area (Å²) in [5.41, 5.74) is -3.20. The minimum atomic E-state index is -5.14. The Kier molecular flexibility index (Phi) is 6.50. The van der Waals surface area contributed by atoms with Crippen LogP contribution in [0.5, 0.6) is 0 Å². The average molecular weight is 366 g/mol. The quantitative estimate of drug-likeness (QED) is 0.642. The monoisotopic (exact) mass is 366 g/mol. The highest BCUT2D eigenvalue weighted by Crippen LogP contribution is 2.42. The van der Waals surface area contributed by atoms with Crippen molar-refractivity contribution in [3.05, 3.63) is 28.2 Å². The highest BCUT2D eigenvalue weighted by atomic mass is 32.1. The Morgan fingerprint density at radius 2 is 2.08 bits per heavy atom. The van der Waals surface area contributed by atoms with Gasteiger partial charge in [0, 0.05) is 11.1 Å². The molecule has 1 aromatic heterocycles. The zero-order valence-corrected chi connectivity index (χ0v) is 13.7. The van der Waals surface area contributed by atoms with Gasteiger partial charge in [-0.3, -0.25) is 4.79 Å². The van der Waals surface area contributed by atoms with Crippen molar-refractivity contribution in [1.29, 1.82) is 0 Å². The fourth-order valence-corrected chi connectivity index (χ4v) is 2.73. The smallest absolute Gasteiger partial charge is 0.424 e. The number of aromatic nitrogens is 1. The first-order valence-electron chi connectivity index (χ1n) is 6.86. The summed E-state index contributed by atoms with van der Waals surface area (Å²) >= 11 is 0.576. The van der Waals surface area contributed by atoms with Gasteiger partial charge in [0.25, 0.3) is 0 Å². The molecule has 0 aliphatic heterocycles. The molecule has 0 bridgehead atoms. The van der Waals surface area contributed by atoms with E-state index < -0.39 is 41.1 Å². The van der Waals surface area contributed by atoms with Gasteiger partial charge in [-0.1, -0.05) is 12.2 Å². The highest BCUT2D eigenvalue weighted by molar-refractivity contribution is 7.09. The second-order valence-corrected chi connectivity index (χ2v) is 5.95. The van der Waals surface area contributed by atoms with Gasteiger partial charge in [0.15, 0.2) is 0 Å². The number of carboxylic acid groups (broad SMARTS) is 1. The number of aryl methyl sites for hydroxylation is 1. The Morgan fingerprint density at radius 3 is 2.50 bits per heavy atom. The molecule has 1 amide bonds. The van der Waals surface area contributed by atoms with Crippen molar-refractivity contribution in [3.63, 3.8) is 0 Å². The van der Waals surface area contributed by atoms with Gasteiger partial charge in [0.2, 0.25) is 11.5 Å². The number of amides is 1. The number of carbonyl (C=O) groups excluding carboxylic acids is 1. The van der Waals surface area contributed by atoms with Crippen LogP contribution >= 0.6 is 11.3 Å². The fourth-order valence-electron chi connectivity index (χ4n) is 1.81. The van der Waals surface area contributed by atoms with E-state index in [2.05, 4.69) is 4.98 Å². The number of nitrogens with zero attached hydrogens (tertiary/aromatic N) is 1. The van der Waals surface area contributed by atoms with Gasteiger partial charge in [-0.15, -0.1) is 11.3 Å². The number of thiazole rings is 1. The van der Waals surface area contributed by atoms with Crippen LogP contribution in [0.2, 0.25) is 0 Å². The molecule has 0 aliphatic carbocycles. The number of hydrogen-bond acceptors (Lipinski definition) is 5. The van der Waals surface area contributed by atoms with Crippen molar-refractivity contribution < 1.29 is 33.0 Å². The van der Waals surface area contributed by atoms with E-state index in [1.807, 2.05) is 5.32 Å². The molecule has 1 heterocycles. The topological polar surface area (TPSA) is 99.5 Å². The summed E-state index contributed by atoms with van der Waals surface area (Å²) in [7, 11) is 0. The van der Waals surface area contributed by atoms with Crippen LogP contribution in [-0.2, 0) is 15.2 Å². The molecule has 2 atom stereocenters. The molecule has 0 saturated heterocycles. The number of aliphatic carboxylic acids is 1. The number of rotatable bonds is 7. The normalized spacial score (nSPS) is 15.9. The Balaban J connectivity index is 2.99. The van der Waals surface area contributed by atoms with E-state index in [-0.39, 0.29) is 12.1 Å². The van der Waals surface area contributed by atoms with Gasteiger partial charge in [0.05, 0.1) is 6.42 Å². The maximum absolute atomic E-state index is 13.3. The maximum atomic E-state index is 13.3. The van der Waals surface area contributed by atoms with E-state index in [4.69, 9.17) is 5.11 Å². The van der Waals surface area contributed by atoms with Crippen molar-refractivity contribution >= 4 is 23.2 Å². The maximum Gasteiger partial charge on any atom is 0.424 e. The molecular formula is C14H17F3N2O4S. The highest BCUT2D eigenvalue weighted by Gasteiger charge is 2.58. The van der Waals surface area contributed by atoms with Crippen molar-refractivity contribution in [2.75, 3.05) is 0 Å². The number of carboxylic acids is 1. The lowest BCUT2D eigenvalue weighted by atomic mass is 9.98. The lowest BCUT2D eigenvalue weighted by Gasteiger charge is -2.28. The second-order valence-electron chi connectivity index (χ2n) is 5.09. The van der Waals surface area contributed by atoms with E-state index in [9.17, 15) is 27.9 Å². The number of hydrogen-bond donors (Lipinski definition) is 3. The minimum Gasteiger partial charge on any atom is -0.480 e. The second kappa shape index (κ2) is 7.75. The molecule has 2 unspecified atom stereocenters. The van der Waals surface area contributed by atoms with Crippen LogP contribution < -0.4 is 5.32 Å². The average Bonchev–Trinajstić information content (AvgIpc) is 2.88. The molecule has 0 aliphatic rings. The summed E-state index contributed by atoms with van der Waals surface area (Å²) in [6.07, 6.45) is -3.59. The van der Waals surface area contributed by atoms with E-state index >= 15 is 0 Å². The minimum absolute atomic E-state index is 0.0849. The third-order valence-electron chi connectivity index (χ3n) is 3.10. The number of allylic oxidation sites excluding steroid dienone is 1. The molecule has 134 valence electrons.